The van der Waals surface area contributed by atoms with E-state index in [4.69, 9.17) is 4.74 Å². The van der Waals surface area contributed by atoms with Crippen molar-refractivity contribution in [3.8, 4) is 11.1 Å². The van der Waals surface area contributed by atoms with Crippen molar-refractivity contribution in [3.05, 3.63) is 65.7 Å². The van der Waals surface area contributed by atoms with Crippen LogP contribution >= 0.6 is 0 Å². The summed E-state index contributed by atoms with van der Waals surface area (Å²) in [5.41, 5.74) is 3.80. The Kier molecular flexibility index (Phi) is 4.14. The maximum absolute atomic E-state index is 11.5. The largest absolute Gasteiger partial charge is 0.465 e. The molecule has 96 valence electrons. The number of hydrogen-bond acceptors (Lipinski definition) is 2. The zero-order valence-electron chi connectivity index (χ0n) is 11.1. The average molecular weight is 252 g/mol. The summed E-state index contributed by atoms with van der Waals surface area (Å²) in [5.74, 6) is -0.313. The van der Waals surface area contributed by atoms with Gasteiger partial charge in [-0.15, -0.1) is 0 Å². The van der Waals surface area contributed by atoms with Crippen molar-refractivity contribution in [1.82, 2.24) is 0 Å². The van der Waals surface area contributed by atoms with Crippen LogP contribution in [0.25, 0.3) is 17.2 Å². The lowest BCUT2D eigenvalue weighted by Crippen LogP contribution is -2.00. The Balaban J connectivity index is 2.41. The maximum atomic E-state index is 11.5. The Morgan fingerprint density at radius 2 is 1.74 bits per heavy atom. The van der Waals surface area contributed by atoms with Crippen LogP contribution in [0.15, 0.2) is 54.6 Å². The molecule has 2 aromatic rings. The highest BCUT2D eigenvalue weighted by Gasteiger charge is 2.06. The van der Waals surface area contributed by atoms with Crippen LogP contribution in [-0.2, 0) is 4.74 Å². The van der Waals surface area contributed by atoms with E-state index in [1.54, 1.807) is 6.07 Å². The number of carbonyl (C=O) groups is 1. The minimum Gasteiger partial charge on any atom is -0.465 e. The summed E-state index contributed by atoms with van der Waals surface area (Å²) >= 11 is 0. The second-order valence-corrected chi connectivity index (χ2v) is 4.20. The molecule has 0 unspecified atom stereocenters. The van der Waals surface area contributed by atoms with Gasteiger partial charge in [-0.3, -0.25) is 0 Å². The van der Waals surface area contributed by atoms with E-state index < -0.39 is 0 Å². The van der Waals surface area contributed by atoms with Crippen LogP contribution in [0.5, 0.6) is 0 Å². The van der Waals surface area contributed by atoms with Gasteiger partial charge in [0.25, 0.3) is 0 Å². The van der Waals surface area contributed by atoms with Gasteiger partial charge in [0.05, 0.1) is 12.7 Å². The second kappa shape index (κ2) is 6.01. The van der Waals surface area contributed by atoms with Gasteiger partial charge in [-0.25, -0.2) is 4.79 Å². The molecule has 2 heteroatoms. The number of carbonyl (C=O) groups excluding carboxylic acids is 1. The number of benzene rings is 2. The van der Waals surface area contributed by atoms with Gasteiger partial charge in [-0.2, -0.15) is 0 Å². The van der Waals surface area contributed by atoms with E-state index in [1.807, 2.05) is 55.5 Å². The van der Waals surface area contributed by atoms with Crippen LogP contribution < -0.4 is 0 Å². The highest BCUT2D eigenvalue weighted by atomic mass is 16.5. The van der Waals surface area contributed by atoms with Crippen LogP contribution in [0, 0.1) is 0 Å². The SMILES string of the molecule is C/C=C/c1cccc(-c2cccc(C(=O)OC)c2)c1. The predicted molar refractivity (Wildman–Crippen MR) is 77.9 cm³/mol. The molecule has 0 amide bonds. The van der Waals surface area contributed by atoms with Crippen molar-refractivity contribution in [2.24, 2.45) is 0 Å². The lowest BCUT2D eigenvalue weighted by Gasteiger charge is -2.05. The molecule has 2 aromatic carbocycles. The molecule has 0 aliphatic heterocycles. The number of ether oxygens (including phenoxy) is 1. The fraction of sp³-hybridized carbons (Fsp3) is 0.118. The molecule has 2 nitrogen and oxygen atoms in total. The monoisotopic (exact) mass is 252 g/mol. The molecule has 2 rings (SSSR count). The van der Waals surface area contributed by atoms with Crippen molar-refractivity contribution < 1.29 is 9.53 Å². The molecule has 0 bridgehead atoms. The van der Waals surface area contributed by atoms with Gasteiger partial charge < -0.3 is 4.74 Å². The summed E-state index contributed by atoms with van der Waals surface area (Å²) < 4.78 is 4.74. The van der Waals surface area contributed by atoms with Gasteiger partial charge in [-0.05, 0) is 41.8 Å². The van der Waals surface area contributed by atoms with Crippen LogP contribution in [0.2, 0.25) is 0 Å². The molecule has 0 spiro atoms. The molecule has 0 saturated carbocycles. The zero-order chi connectivity index (χ0) is 13.7. The van der Waals surface area contributed by atoms with E-state index >= 15 is 0 Å². The molecule has 0 aliphatic rings. The third-order valence-electron chi connectivity index (χ3n) is 2.86. The number of hydrogen-bond donors (Lipinski definition) is 0. The molecule has 0 heterocycles. The highest BCUT2D eigenvalue weighted by molar-refractivity contribution is 5.91. The van der Waals surface area contributed by atoms with E-state index in [-0.39, 0.29) is 5.97 Å². The highest BCUT2D eigenvalue weighted by Crippen LogP contribution is 2.22. The summed E-state index contributed by atoms with van der Waals surface area (Å²) in [6.07, 6.45) is 4.05. The van der Waals surface area contributed by atoms with E-state index in [0.717, 1.165) is 16.7 Å². The average Bonchev–Trinajstić information content (AvgIpc) is 2.47. The Morgan fingerprint density at radius 1 is 1.05 bits per heavy atom. The summed E-state index contributed by atoms with van der Waals surface area (Å²) in [7, 11) is 1.39. The summed E-state index contributed by atoms with van der Waals surface area (Å²) in [4.78, 5) is 11.5. The molecule has 0 atom stereocenters. The Morgan fingerprint density at radius 3 is 2.42 bits per heavy atom. The first-order chi connectivity index (χ1) is 9.24. The Bertz CT molecular complexity index is 612. The van der Waals surface area contributed by atoms with Crippen LogP contribution in [0.3, 0.4) is 0 Å². The van der Waals surface area contributed by atoms with Crippen LogP contribution in [0.4, 0.5) is 0 Å². The first kappa shape index (κ1) is 13.1. The van der Waals surface area contributed by atoms with Crippen molar-refractivity contribution in [1.29, 1.82) is 0 Å². The number of rotatable bonds is 3. The summed E-state index contributed by atoms with van der Waals surface area (Å²) in [6.45, 7) is 1.99. The normalized spacial score (nSPS) is 10.6. The lowest BCUT2D eigenvalue weighted by molar-refractivity contribution is 0.0601. The minimum atomic E-state index is -0.313. The minimum absolute atomic E-state index is 0.313. The third-order valence-corrected chi connectivity index (χ3v) is 2.86. The molecule has 0 aromatic heterocycles. The van der Waals surface area contributed by atoms with Gasteiger partial charge in [0, 0.05) is 0 Å². The fourth-order valence-electron chi connectivity index (χ4n) is 1.96. The molecule has 0 saturated heterocycles. The van der Waals surface area contributed by atoms with Crippen molar-refractivity contribution >= 4 is 12.0 Å². The van der Waals surface area contributed by atoms with Gasteiger partial charge in [-0.1, -0.05) is 42.5 Å². The summed E-state index contributed by atoms with van der Waals surface area (Å²) in [5, 5.41) is 0. The molecular formula is C17H16O2. The lowest BCUT2D eigenvalue weighted by atomic mass is 10.0. The standard InChI is InChI=1S/C17H16O2/c1-3-6-13-7-4-8-14(11-13)15-9-5-10-16(12-15)17(18)19-2/h3-12H,1-2H3/b6-3+. The first-order valence-corrected chi connectivity index (χ1v) is 6.16. The summed E-state index contributed by atoms with van der Waals surface area (Å²) in [6, 6.07) is 15.6. The number of esters is 1. The molecule has 19 heavy (non-hydrogen) atoms. The molecule has 0 radical (unpaired) electrons. The van der Waals surface area contributed by atoms with Crippen LogP contribution in [0.1, 0.15) is 22.8 Å². The second-order valence-electron chi connectivity index (χ2n) is 4.20. The van der Waals surface area contributed by atoms with E-state index in [2.05, 4.69) is 6.07 Å². The third kappa shape index (κ3) is 3.10. The Labute approximate surface area is 113 Å². The maximum Gasteiger partial charge on any atom is 0.337 e. The topological polar surface area (TPSA) is 26.3 Å². The quantitative estimate of drug-likeness (QED) is 0.766. The predicted octanol–water partition coefficient (Wildman–Crippen LogP) is 4.17. The number of allylic oxidation sites excluding steroid dienone is 1. The first-order valence-electron chi connectivity index (χ1n) is 6.16. The van der Waals surface area contributed by atoms with Crippen molar-refractivity contribution in [3.63, 3.8) is 0 Å². The molecular weight excluding hydrogens is 236 g/mol. The van der Waals surface area contributed by atoms with E-state index in [1.165, 1.54) is 7.11 Å². The van der Waals surface area contributed by atoms with Gasteiger partial charge in [0.15, 0.2) is 0 Å². The molecule has 0 fully saturated rings. The van der Waals surface area contributed by atoms with E-state index in [0.29, 0.717) is 5.56 Å². The number of methoxy groups -OCH3 is 1. The van der Waals surface area contributed by atoms with Gasteiger partial charge >= 0.3 is 5.97 Å². The van der Waals surface area contributed by atoms with E-state index in [9.17, 15) is 4.79 Å². The van der Waals surface area contributed by atoms with Gasteiger partial charge in [0.1, 0.15) is 0 Å². The van der Waals surface area contributed by atoms with Crippen LogP contribution in [-0.4, -0.2) is 13.1 Å². The van der Waals surface area contributed by atoms with Gasteiger partial charge in [0.2, 0.25) is 0 Å². The Hall–Kier alpha value is -2.35. The fourth-order valence-corrected chi connectivity index (χ4v) is 1.96. The van der Waals surface area contributed by atoms with Crippen molar-refractivity contribution in [2.75, 3.05) is 7.11 Å². The molecule has 0 N–H and O–H groups in total. The smallest absolute Gasteiger partial charge is 0.337 e. The van der Waals surface area contributed by atoms with Crippen molar-refractivity contribution in [2.45, 2.75) is 6.92 Å². The zero-order valence-corrected chi connectivity index (χ0v) is 11.1. The molecule has 0 aliphatic carbocycles.